The number of rotatable bonds is 5. The average Bonchev–Trinajstić information content (AvgIpc) is 3.40. The Morgan fingerprint density at radius 2 is 1.70 bits per heavy atom. The first kappa shape index (κ1) is 28.8. The van der Waals surface area contributed by atoms with Crippen molar-refractivity contribution in [2.45, 2.75) is 43.2 Å². The van der Waals surface area contributed by atoms with Gasteiger partial charge >= 0.3 is 5.97 Å². The van der Waals surface area contributed by atoms with E-state index in [0.717, 1.165) is 11.1 Å². The first-order valence-corrected chi connectivity index (χ1v) is 14.7. The predicted octanol–water partition coefficient (Wildman–Crippen LogP) is 1.91. The summed E-state index contributed by atoms with van der Waals surface area (Å²) >= 11 is 0. The number of esters is 1. The van der Waals surface area contributed by atoms with Gasteiger partial charge in [-0.25, -0.2) is 0 Å². The second kappa shape index (κ2) is 12.1. The number of nitrogens with one attached hydrogen (secondary N) is 1. The summed E-state index contributed by atoms with van der Waals surface area (Å²) < 4.78 is 12.2. The lowest BCUT2D eigenvalue weighted by Crippen LogP contribution is -2.55. The van der Waals surface area contributed by atoms with Gasteiger partial charge in [0.05, 0.1) is 30.6 Å². The van der Waals surface area contributed by atoms with Crippen LogP contribution in [-0.2, 0) is 35.2 Å². The molecule has 0 bridgehead atoms. The molecule has 4 aliphatic rings. The van der Waals surface area contributed by atoms with Crippen LogP contribution < -0.4 is 5.32 Å². The van der Waals surface area contributed by atoms with Crippen LogP contribution in [0.4, 0.5) is 0 Å². The van der Waals surface area contributed by atoms with Crippen LogP contribution in [0.25, 0.3) is 0 Å². The number of aliphatic hydroxyl groups is 1. The molecule has 6 rings (SSSR count). The van der Waals surface area contributed by atoms with Crippen molar-refractivity contribution in [3.05, 3.63) is 96.1 Å². The molecule has 6 atom stereocenters. The lowest BCUT2D eigenvalue weighted by Gasteiger charge is -2.35. The van der Waals surface area contributed by atoms with E-state index >= 15 is 0 Å². The van der Waals surface area contributed by atoms with E-state index in [9.17, 15) is 24.3 Å². The zero-order chi connectivity index (χ0) is 30.0. The van der Waals surface area contributed by atoms with Gasteiger partial charge in [0.1, 0.15) is 18.2 Å². The molecule has 2 aromatic rings. The molecule has 0 unspecified atom stereocenters. The highest BCUT2D eigenvalue weighted by Crippen LogP contribution is 2.52. The Morgan fingerprint density at radius 1 is 0.953 bits per heavy atom. The summed E-state index contributed by atoms with van der Waals surface area (Å²) in [5, 5.41) is 12.9. The molecule has 2 saturated heterocycles. The van der Waals surface area contributed by atoms with Crippen LogP contribution in [-0.4, -0.2) is 82.6 Å². The van der Waals surface area contributed by atoms with E-state index in [1.165, 1.54) is 4.90 Å². The first-order chi connectivity index (χ1) is 20.9. The van der Waals surface area contributed by atoms with Gasteiger partial charge in [0.2, 0.25) is 17.7 Å². The predicted molar refractivity (Wildman–Crippen MR) is 155 cm³/mol. The highest BCUT2D eigenvalue weighted by molar-refractivity contribution is 5.99. The molecule has 0 saturated carbocycles. The fraction of sp³-hybridized carbons (Fsp3) is 0.394. The number of nitrogens with zero attached hydrogens (tertiary/aromatic N) is 2. The molecule has 43 heavy (non-hydrogen) atoms. The topological polar surface area (TPSA) is 125 Å². The number of likely N-dealkylation sites (tertiary alicyclic amines) is 1. The summed E-state index contributed by atoms with van der Waals surface area (Å²) in [7, 11) is 0. The number of allylic oxidation sites excluding steroid dienone is 1. The number of amides is 3. The molecule has 224 valence electrons. The molecular weight excluding hydrogens is 550 g/mol. The van der Waals surface area contributed by atoms with E-state index in [-0.39, 0.29) is 38.1 Å². The van der Waals surface area contributed by atoms with E-state index < -0.39 is 47.4 Å². The zero-order valence-corrected chi connectivity index (χ0v) is 23.7. The Kier molecular flexibility index (Phi) is 8.14. The summed E-state index contributed by atoms with van der Waals surface area (Å²) in [4.78, 5) is 58.0. The van der Waals surface area contributed by atoms with Crippen molar-refractivity contribution >= 4 is 23.7 Å². The molecule has 1 spiro atoms. The monoisotopic (exact) mass is 585 g/mol. The van der Waals surface area contributed by atoms with Gasteiger partial charge in [-0.1, -0.05) is 85.0 Å². The van der Waals surface area contributed by atoms with Gasteiger partial charge in [-0.2, -0.15) is 0 Å². The van der Waals surface area contributed by atoms with Crippen LogP contribution in [0.5, 0.6) is 0 Å². The van der Waals surface area contributed by atoms with Crippen molar-refractivity contribution in [1.82, 2.24) is 15.1 Å². The van der Waals surface area contributed by atoms with Gasteiger partial charge < -0.3 is 29.7 Å². The summed E-state index contributed by atoms with van der Waals surface area (Å²) in [6.07, 6.45) is 6.78. The molecule has 10 heteroatoms. The third-order valence-electron chi connectivity index (χ3n) is 8.71. The maximum absolute atomic E-state index is 14.3. The van der Waals surface area contributed by atoms with Crippen molar-refractivity contribution < 1.29 is 33.8 Å². The van der Waals surface area contributed by atoms with Crippen LogP contribution in [0.15, 0.2) is 85.0 Å². The minimum Gasteiger partial charge on any atom is -0.463 e. The number of hydrogen-bond acceptors (Lipinski definition) is 7. The van der Waals surface area contributed by atoms with Crippen LogP contribution in [0.3, 0.4) is 0 Å². The maximum atomic E-state index is 14.3. The molecule has 4 heterocycles. The van der Waals surface area contributed by atoms with E-state index in [4.69, 9.17) is 9.47 Å². The molecule has 2 fully saturated rings. The number of fused-ring (bicyclic) bond motifs is 2. The number of hydrogen-bond donors (Lipinski definition) is 2. The number of carbonyl (C=O) groups excluding carboxylic acids is 4. The average molecular weight is 586 g/mol. The van der Waals surface area contributed by atoms with E-state index in [2.05, 4.69) is 5.32 Å². The summed E-state index contributed by atoms with van der Waals surface area (Å²) in [6.45, 7) is 0.161. The summed E-state index contributed by atoms with van der Waals surface area (Å²) in [5.41, 5.74) is 0.273. The quantitative estimate of drug-likeness (QED) is 0.406. The van der Waals surface area contributed by atoms with Crippen molar-refractivity contribution in [2.24, 2.45) is 11.8 Å². The molecule has 3 amide bonds. The van der Waals surface area contributed by atoms with Crippen molar-refractivity contribution in [3.8, 4) is 0 Å². The Labute approximate surface area is 249 Å². The highest BCUT2D eigenvalue weighted by atomic mass is 16.5. The molecule has 2 aromatic carbocycles. The Hall–Kier alpha value is -4.28. The fourth-order valence-corrected chi connectivity index (χ4v) is 6.78. The van der Waals surface area contributed by atoms with Crippen LogP contribution in [0, 0.1) is 11.8 Å². The smallest absolute Gasteiger partial charge is 0.306 e. The van der Waals surface area contributed by atoms with Crippen molar-refractivity contribution in [2.75, 3.05) is 26.3 Å². The highest BCUT2D eigenvalue weighted by Gasteiger charge is 2.71. The minimum atomic E-state index is -1.42. The van der Waals surface area contributed by atoms with E-state index in [1.54, 1.807) is 23.1 Å². The Morgan fingerprint density at radius 3 is 2.44 bits per heavy atom. The molecular formula is C33H35N3O7. The number of aliphatic hydroxyl groups excluding tert-OH is 1. The number of cyclic esters (lactones) is 1. The minimum absolute atomic E-state index is 0.0631. The molecule has 4 aliphatic heterocycles. The zero-order valence-electron chi connectivity index (χ0n) is 23.7. The Balaban J connectivity index is 1.39. The number of carbonyl (C=O) groups is 4. The number of β-amino-alcohol motifs (C(OH)–C–C–N with tert-alkyl or cyclic N) is 1. The molecule has 10 nitrogen and oxygen atoms in total. The maximum Gasteiger partial charge on any atom is 0.306 e. The SMILES string of the molecule is O=C1CC/C=C\[C@H]2O[C@]34C=CCN(Cc5ccccc5)C(=O)[C@H]3N(CCO)C(=O)[C@@H]4[C@H]2C(=O)N[C@H](c2ccccc2)CO1. The second-order valence-electron chi connectivity index (χ2n) is 11.3. The molecule has 0 radical (unpaired) electrons. The number of benzene rings is 2. The molecule has 0 aromatic heterocycles. The van der Waals surface area contributed by atoms with Gasteiger partial charge in [0.15, 0.2) is 0 Å². The largest absolute Gasteiger partial charge is 0.463 e. The molecule has 2 N–H and O–H groups in total. The third kappa shape index (κ3) is 5.36. The van der Waals surface area contributed by atoms with E-state index in [1.807, 2.05) is 66.7 Å². The van der Waals surface area contributed by atoms with Gasteiger partial charge in [0, 0.05) is 26.1 Å². The van der Waals surface area contributed by atoms with Crippen molar-refractivity contribution in [3.63, 3.8) is 0 Å². The standard InChI is InChI=1S/C33H35N3O7/c37-19-18-36-29-32(41)35(20-22-10-3-1-4-11-22)17-9-16-33(29)28(31(36)40)27-25(43-33)14-7-8-15-26(38)42-21-24(34-30(27)39)23-12-5-2-6-13-23/h1-7,9-14,16,24-25,27-29,37H,8,15,17-21H2,(H,34,39)/b14-7-/t24-,25+,27-,28-,29+,33-/m0/s1. The van der Waals surface area contributed by atoms with Gasteiger partial charge in [0.25, 0.3) is 0 Å². The summed E-state index contributed by atoms with van der Waals surface area (Å²) in [6, 6.07) is 17.1. The normalized spacial score (nSPS) is 31.6. The van der Waals surface area contributed by atoms with Gasteiger partial charge in [-0.3, -0.25) is 19.2 Å². The fourth-order valence-electron chi connectivity index (χ4n) is 6.78. The van der Waals surface area contributed by atoms with E-state index in [0.29, 0.717) is 19.5 Å². The first-order valence-electron chi connectivity index (χ1n) is 14.7. The van der Waals surface area contributed by atoms with Gasteiger partial charge in [-0.15, -0.1) is 0 Å². The summed E-state index contributed by atoms with van der Waals surface area (Å²) in [5.74, 6) is -3.51. The third-order valence-corrected chi connectivity index (χ3v) is 8.71. The Bertz CT molecular complexity index is 1430. The van der Waals surface area contributed by atoms with Crippen LogP contribution in [0.1, 0.15) is 30.0 Å². The van der Waals surface area contributed by atoms with Gasteiger partial charge in [-0.05, 0) is 17.5 Å². The van der Waals surface area contributed by atoms with Crippen LogP contribution in [0.2, 0.25) is 0 Å². The number of ether oxygens (including phenoxy) is 2. The molecule has 0 aliphatic carbocycles. The lowest BCUT2D eigenvalue weighted by molar-refractivity contribution is -0.148. The lowest BCUT2D eigenvalue weighted by atomic mass is 9.77. The van der Waals surface area contributed by atoms with Crippen LogP contribution >= 0.6 is 0 Å². The second-order valence-corrected chi connectivity index (χ2v) is 11.3. The van der Waals surface area contributed by atoms with Crippen molar-refractivity contribution in [1.29, 1.82) is 0 Å².